The third kappa shape index (κ3) is 2.54. The van der Waals surface area contributed by atoms with Gasteiger partial charge in [0.25, 0.3) is 5.69 Å². The topological polar surface area (TPSA) is 90.4 Å². The summed E-state index contributed by atoms with van der Waals surface area (Å²) in [5.74, 6) is -0.966. The van der Waals surface area contributed by atoms with Gasteiger partial charge in [0, 0.05) is 6.07 Å². The fraction of sp³-hybridized carbons (Fsp3) is 0.125. The van der Waals surface area contributed by atoms with Gasteiger partial charge in [-0.1, -0.05) is 0 Å². The van der Waals surface area contributed by atoms with Crippen LogP contribution in [0.4, 0.5) is 15.8 Å². The minimum Gasteiger partial charge on any atom is -0.493 e. The van der Waals surface area contributed by atoms with Crippen molar-refractivity contribution in [1.29, 1.82) is 0 Å². The van der Waals surface area contributed by atoms with Crippen LogP contribution in [0.3, 0.4) is 0 Å². The summed E-state index contributed by atoms with van der Waals surface area (Å²) in [5, 5.41) is 12.8. The maximum absolute atomic E-state index is 13.3. The number of halogens is 1. The van der Waals surface area contributed by atoms with E-state index in [1.54, 1.807) is 0 Å². The summed E-state index contributed by atoms with van der Waals surface area (Å²) in [6, 6.07) is 1.85. The van der Waals surface area contributed by atoms with Gasteiger partial charge < -0.3 is 15.8 Å². The second-order valence-corrected chi connectivity index (χ2v) is 3.19. The third-order valence-corrected chi connectivity index (χ3v) is 1.83. The number of ether oxygens (including phenoxy) is 1. The van der Waals surface area contributed by atoms with E-state index in [4.69, 9.17) is 5.73 Å². The van der Waals surface area contributed by atoms with E-state index in [1.807, 2.05) is 0 Å². The first kappa shape index (κ1) is 12.1. The number of thiocarbonyl (C=S) groups is 1. The molecule has 86 valence electrons. The van der Waals surface area contributed by atoms with E-state index in [0.29, 0.717) is 0 Å². The largest absolute Gasteiger partial charge is 0.493 e. The van der Waals surface area contributed by atoms with Crippen molar-refractivity contribution < 1.29 is 14.1 Å². The molecule has 0 heterocycles. The second-order valence-electron chi connectivity index (χ2n) is 2.75. The molecule has 16 heavy (non-hydrogen) atoms. The Hall–Kier alpha value is -1.96. The quantitative estimate of drug-likeness (QED) is 0.475. The Bertz CT molecular complexity index is 452. The Labute approximate surface area is 95.3 Å². The van der Waals surface area contributed by atoms with Crippen LogP contribution in [0.25, 0.3) is 0 Å². The molecule has 3 N–H and O–H groups in total. The zero-order valence-corrected chi connectivity index (χ0v) is 9.01. The van der Waals surface area contributed by atoms with Crippen molar-refractivity contribution >= 4 is 28.7 Å². The third-order valence-electron chi connectivity index (χ3n) is 1.72. The van der Waals surface area contributed by atoms with Crippen LogP contribution in [-0.2, 0) is 0 Å². The summed E-state index contributed by atoms with van der Waals surface area (Å²) in [7, 11) is 1.21. The standard InChI is InChI=1S/C8H8FN3O3S/c1-15-7-3-6(12(13)14)5(2-4(7)9)11-8(10)16/h2-3H,1H3,(H3,10,11,16). The predicted octanol–water partition coefficient (Wildman–Crippen LogP) is 1.40. The number of benzene rings is 1. The van der Waals surface area contributed by atoms with Gasteiger partial charge in [-0.2, -0.15) is 0 Å². The molecule has 6 nitrogen and oxygen atoms in total. The maximum atomic E-state index is 13.3. The van der Waals surface area contributed by atoms with E-state index in [1.165, 1.54) is 7.11 Å². The molecule has 0 unspecified atom stereocenters. The van der Waals surface area contributed by atoms with Crippen LogP contribution in [0.1, 0.15) is 0 Å². The number of nitro groups is 1. The van der Waals surface area contributed by atoms with Crippen molar-refractivity contribution in [3.05, 3.63) is 28.1 Å². The molecule has 0 spiro atoms. The van der Waals surface area contributed by atoms with Crippen molar-refractivity contribution in [3.8, 4) is 5.75 Å². The number of rotatable bonds is 3. The lowest BCUT2D eigenvalue weighted by molar-refractivity contribution is -0.384. The monoisotopic (exact) mass is 245 g/mol. The highest BCUT2D eigenvalue weighted by Crippen LogP contribution is 2.31. The fourth-order valence-electron chi connectivity index (χ4n) is 1.08. The summed E-state index contributed by atoms with van der Waals surface area (Å²) in [4.78, 5) is 9.99. The number of hydrogen-bond donors (Lipinski definition) is 2. The van der Waals surface area contributed by atoms with Crippen LogP contribution in [0.15, 0.2) is 12.1 Å². The molecule has 0 aliphatic heterocycles. The van der Waals surface area contributed by atoms with Gasteiger partial charge in [-0.15, -0.1) is 0 Å². The number of hydrogen-bond acceptors (Lipinski definition) is 4. The highest BCUT2D eigenvalue weighted by Gasteiger charge is 2.19. The van der Waals surface area contributed by atoms with Crippen LogP contribution in [0.2, 0.25) is 0 Å². The Morgan fingerprint density at radius 2 is 2.31 bits per heavy atom. The van der Waals surface area contributed by atoms with Crippen LogP contribution in [0.5, 0.6) is 5.75 Å². The predicted molar refractivity (Wildman–Crippen MR) is 60.0 cm³/mol. The summed E-state index contributed by atoms with van der Waals surface area (Å²) in [6.07, 6.45) is 0. The molecule has 0 saturated carbocycles. The van der Waals surface area contributed by atoms with Gasteiger partial charge in [-0.05, 0) is 12.2 Å². The normalized spacial score (nSPS) is 9.62. The average molecular weight is 245 g/mol. The van der Waals surface area contributed by atoms with Gasteiger partial charge in [0.1, 0.15) is 5.69 Å². The van der Waals surface area contributed by atoms with Crippen LogP contribution >= 0.6 is 12.2 Å². The minimum atomic E-state index is -0.744. The Balaban J connectivity index is 3.30. The molecule has 0 amide bonds. The number of methoxy groups -OCH3 is 1. The van der Waals surface area contributed by atoms with E-state index in [2.05, 4.69) is 22.3 Å². The molecule has 1 aromatic rings. The molecule has 0 fully saturated rings. The number of nitro benzene ring substituents is 1. The van der Waals surface area contributed by atoms with Gasteiger partial charge in [0.2, 0.25) is 0 Å². The highest BCUT2D eigenvalue weighted by atomic mass is 32.1. The van der Waals surface area contributed by atoms with Gasteiger partial charge in [-0.25, -0.2) is 4.39 Å². The van der Waals surface area contributed by atoms with Crippen molar-refractivity contribution in [2.24, 2.45) is 5.73 Å². The Morgan fingerprint density at radius 3 is 2.75 bits per heavy atom. The lowest BCUT2D eigenvalue weighted by atomic mass is 10.2. The minimum absolute atomic E-state index is 0.115. The van der Waals surface area contributed by atoms with E-state index < -0.39 is 10.7 Å². The van der Waals surface area contributed by atoms with Crippen LogP contribution in [-0.4, -0.2) is 17.1 Å². The lowest BCUT2D eigenvalue weighted by Gasteiger charge is -2.07. The van der Waals surface area contributed by atoms with E-state index >= 15 is 0 Å². The number of nitrogens with one attached hydrogen (secondary N) is 1. The number of nitrogens with zero attached hydrogens (tertiary/aromatic N) is 1. The molecule has 0 bridgehead atoms. The van der Waals surface area contributed by atoms with Crippen molar-refractivity contribution in [1.82, 2.24) is 0 Å². The molecule has 0 aromatic heterocycles. The van der Waals surface area contributed by atoms with Gasteiger partial charge >= 0.3 is 0 Å². The van der Waals surface area contributed by atoms with E-state index in [0.717, 1.165) is 12.1 Å². The molecule has 1 rings (SSSR count). The molecular weight excluding hydrogens is 237 g/mol. The van der Waals surface area contributed by atoms with Crippen LogP contribution < -0.4 is 15.8 Å². The van der Waals surface area contributed by atoms with Gasteiger partial charge in [0.05, 0.1) is 18.1 Å². The molecule has 0 atom stereocenters. The van der Waals surface area contributed by atoms with Crippen LogP contribution in [0, 0.1) is 15.9 Å². The summed E-state index contributed by atoms with van der Waals surface area (Å²) in [5.41, 5.74) is 4.67. The molecular formula is C8H8FN3O3S. The Morgan fingerprint density at radius 1 is 1.69 bits per heavy atom. The second kappa shape index (κ2) is 4.71. The lowest BCUT2D eigenvalue weighted by Crippen LogP contribution is -2.19. The fourth-order valence-corrected chi connectivity index (χ4v) is 1.19. The van der Waals surface area contributed by atoms with Gasteiger partial charge in [0.15, 0.2) is 16.7 Å². The summed E-state index contributed by atoms with van der Waals surface area (Å²) in [6.45, 7) is 0. The van der Waals surface area contributed by atoms with Crippen molar-refractivity contribution in [2.75, 3.05) is 12.4 Å². The van der Waals surface area contributed by atoms with E-state index in [9.17, 15) is 14.5 Å². The summed E-state index contributed by atoms with van der Waals surface area (Å²) >= 11 is 4.52. The van der Waals surface area contributed by atoms with E-state index in [-0.39, 0.29) is 22.2 Å². The molecule has 0 radical (unpaired) electrons. The molecule has 0 saturated heterocycles. The first-order chi connectivity index (χ1) is 7.45. The van der Waals surface area contributed by atoms with Crippen molar-refractivity contribution in [3.63, 3.8) is 0 Å². The Kier molecular flexibility index (Phi) is 3.56. The maximum Gasteiger partial charge on any atom is 0.296 e. The molecule has 0 aliphatic rings. The first-order valence-electron chi connectivity index (χ1n) is 4.04. The van der Waals surface area contributed by atoms with Gasteiger partial charge in [-0.3, -0.25) is 10.1 Å². The summed E-state index contributed by atoms with van der Waals surface area (Å²) < 4.78 is 17.9. The number of nitrogens with two attached hydrogens (primary N) is 1. The zero-order chi connectivity index (χ0) is 12.3. The highest BCUT2D eigenvalue weighted by molar-refractivity contribution is 7.80. The smallest absolute Gasteiger partial charge is 0.296 e. The first-order valence-corrected chi connectivity index (χ1v) is 4.45. The molecule has 0 aliphatic carbocycles. The molecule has 1 aromatic carbocycles. The number of anilines is 1. The SMILES string of the molecule is COc1cc([N+](=O)[O-])c(NC(N)=S)cc1F. The van der Waals surface area contributed by atoms with Crippen molar-refractivity contribution in [2.45, 2.75) is 0 Å². The average Bonchev–Trinajstić information content (AvgIpc) is 2.16. The molecule has 8 heteroatoms. The zero-order valence-electron chi connectivity index (χ0n) is 8.19.